The van der Waals surface area contributed by atoms with Crippen molar-refractivity contribution in [1.29, 1.82) is 0 Å². The van der Waals surface area contributed by atoms with E-state index in [4.69, 9.17) is 0 Å². The average Bonchev–Trinajstić information content (AvgIpc) is 2.74. The maximum absolute atomic E-state index is 4.61. The predicted molar refractivity (Wildman–Crippen MR) is 71.3 cm³/mol. The van der Waals surface area contributed by atoms with Gasteiger partial charge in [-0.05, 0) is 43.9 Å². The van der Waals surface area contributed by atoms with Gasteiger partial charge in [-0.3, -0.25) is 4.98 Å². The summed E-state index contributed by atoms with van der Waals surface area (Å²) in [6.45, 7) is 5.44. The van der Waals surface area contributed by atoms with Gasteiger partial charge in [-0.1, -0.05) is 18.2 Å². The monoisotopic (exact) mass is 226 g/mol. The third-order valence-electron chi connectivity index (χ3n) is 3.67. The van der Waals surface area contributed by atoms with Crippen LogP contribution in [0, 0.1) is 6.92 Å². The second kappa shape index (κ2) is 4.11. The van der Waals surface area contributed by atoms with Crippen molar-refractivity contribution in [3.05, 3.63) is 41.6 Å². The number of fused-ring (bicyclic) bond motifs is 1. The lowest BCUT2D eigenvalue weighted by molar-refractivity contribution is 0.659. The van der Waals surface area contributed by atoms with E-state index in [-0.39, 0.29) is 0 Å². The Hall–Kier alpha value is -1.41. The summed E-state index contributed by atoms with van der Waals surface area (Å²) in [6, 6.07) is 11.4. The molecule has 2 nitrogen and oxygen atoms in total. The van der Waals surface area contributed by atoms with Crippen LogP contribution in [0.15, 0.2) is 30.3 Å². The topological polar surface area (TPSA) is 24.9 Å². The van der Waals surface area contributed by atoms with E-state index < -0.39 is 0 Å². The molecule has 0 aliphatic carbocycles. The SMILES string of the molecule is Cc1cc(C2CNC(C)C2)c2ccccc2n1. The minimum absolute atomic E-state index is 0.632. The second-order valence-corrected chi connectivity index (χ2v) is 5.11. The number of hydrogen-bond acceptors (Lipinski definition) is 2. The number of nitrogens with one attached hydrogen (secondary N) is 1. The van der Waals surface area contributed by atoms with Crippen molar-refractivity contribution in [3.63, 3.8) is 0 Å². The second-order valence-electron chi connectivity index (χ2n) is 5.11. The molecule has 2 heterocycles. The van der Waals surface area contributed by atoms with Gasteiger partial charge in [-0.25, -0.2) is 0 Å². The summed E-state index contributed by atoms with van der Waals surface area (Å²) < 4.78 is 0. The van der Waals surface area contributed by atoms with Crippen LogP contribution >= 0.6 is 0 Å². The van der Waals surface area contributed by atoms with Gasteiger partial charge < -0.3 is 5.32 Å². The molecule has 1 aromatic heterocycles. The highest BCUT2D eigenvalue weighted by atomic mass is 14.9. The van der Waals surface area contributed by atoms with E-state index >= 15 is 0 Å². The van der Waals surface area contributed by atoms with E-state index in [0.29, 0.717) is 12.0 Å². The van der Waals surface area contributed by atoms with Crippen molar-refractivity contribution in [2.45, 2.75) is 32.2 Å². The molecule has 88 valence electrons. The zero-order valence-corrected chi connectivity index (χ0v) is 10.4. The van der Waals surface area contributed by atoms with Crippen LogP contribution < -0.4 is 5.32 Å². The van der Waals surface area contributed by atoms with Crippen LogP contribution in [0.5, 0.6) is 0 Å². The summed E-state index contributed by atoms with van der Waals surface area (Å²) in [6.07, 6.45) is 1.23. The quantitative estimate of drug-likeness (QED) is 0.808. The fourth-order valence-corrected chi connectivity index (χ4v) is 2.85. The first-order valence-corrected chi connectivity index (χ1v) is 6.33. The third-order valence-corrected chi connectivity index (χ3v) is 3.67. The molecule has 0 spiro atoms. The molecule has 0 bridgehead atoms. The van der Waals surface area contributed by atoms with Crippen LogP contribution in [0.2, 0.25) is 0 Å². The van der Waals surface area contributed by atoms with Gasteiger partial charge in [-0.15, -0.1) is 0 Å². The Labute approximate surface area is 102 Å². The first-order chi connectivity index (χ1) is 8.24. The number of aromatic nitrogens is 1. The van der Waals surface area contributed by atoms with Crippen molar-refractivity contribution in [2.24, 2.45) is 0 Å². The number of benzene rings is 1. The molecule has 1 aromatic carbocycles. The fraction of sp³-hybridized carbons (Fsp3) is 0.400. The molecule has 2 heteroatoms. The first-order valence-electron chi connectivity index (χ1n) is 6.33. The van der Waals surface area contributed by atoms with Crippen molar-refractivity contribution in [3.8, 4) is 0 Å². The van der Waals surface area contributed by atoms with Gasteiger partial charge in [0.2, 0.25) is 0 Å². The minimum atomic E-state index is 0.632. The van der Waals surface area contributed by atoms with Crippen LogP contribution in [0.1, 0.15) is 30.5 Å². The Morgan fingerprint density at radius 1 is 1.29 bits per heavy atom. The zero-order valence-electron chi connectivity index (χ0n) is 10.4. The van der Waals surface area contributed by atoms with Gasteiger partial charge in [0.15, 0.2) is 0 Å². The fourth-order valence-electron chi connectivity index (χ4n) is 2.85. The van der Waals surface area contributed by atoms with E-state index in [1.165, 1.54) is 17.4 Å². The largest absolute Gasteiger partial charge is 0.314 e. The van der Waals surface area contributed by atoms with Crippen molar-refractivity contribution < 1.29 is 0 Å². The number of rotatable bonds is 1. The van der Waals surface area contributed by atoms with E-state index in [0.717, 1.165) is 17.8 Å². The molecule has 0 saturated carbocycles. The molecule has 2 atom stereocenters. The Morgan fingerprint density at radius 3 is 2.88 bits per heavy atom. The van der Waals surface area contributed by atoms with E-state index in [9.17, 15) is 0 Å². The van der Waals surface area contributed by atoms with Gasteiger partial charge in [0.05, 0.1) is 5.52 Å². The van der Waals surface area contributed by atoms with E-state index in [1.807, 2.05) is 0 Å². The van der Waals surface area contributed by atoms with Crippen LogP contribution in [0.3, 0.4) is 0 Å². The summed E-state index contributed by atoms with van der Waals surface area (Å²) in [5, 5.41) is 4.85. The maximum Gasteiger partial charge on any atom is 0.0708 e. The molecule has 2 unspecified atom stereocenters. The Balaban J connectivity index is 2.14. The van der Waals surface area contributed by atoms with Crippen LogP contribution in [-0.2, 0) is 0 Å². The molecule has 1 aliphatic heterocycles. The van der Waals surface area contributed by atoms with Crippen molar-refractivity contribution in [1.82, 2.24) is 10.3 Å². The van der Waals surface area contributed by atoms with Gasteiger partial charge in [0, 0.05) is 23.7 Å². The number of pyridine rings is 1. The summed E-state index contributed by atoms with van der Waals surface area (Å²) in [5.41, 5.74) is 3.71. The van der Waals surface area contributed by atoms with Crippen LogP contribution in [0.4, 0.5) is 0 Å². The first kappa shape index (κ1) is 10.7. The lowest BCUT2D eigenvalue weighted by atomic mass is 9.93. The lowest BCUT2D eigenvalue weighted by Gasteiger charge is -2.13. The number of para-hydroxylation sites is 1. The molecule has 1 N–H and O–H groups in total. The Bertz CT molecular complexity index is 548. The van der Waals surface area contributed by atoms with Gasteiger partial charge >= 0.3 is 0 Å². The molecule has 1 saturated heterocycles. The summed E-state index contributed by atoms with van der Waals surface area (Å²) in [4.78, 5) is 4.61. The Kier molecular flexibility index (Phi) is 2.60. The summed E-state index contributed by atoms with van der Waals surface area (Å²) in [7, 11) is 0. The normalized spacial score (nSPS) is 24.4. The predicted octanol–water partition coefficient (Wildman–Crippen LogP) is 3.01. The molecular weight excluding hydrogens is 208 g/mol. The number of nitrogens with zero attached hydrogens (tertiary/aromatic N) is 1. The zero-order chi connectivity index (χ0) is 11.8. The summed E-state index contributed by atoms with van der Waals surface area (Å²) in [5.74, 6) is 0.636. The molecule has 0 radical (unpaired) electrons. The Morgan fingerprint density at radius 2 is 2.12 bits per heavy atom. The highest BCUT2D eigenvalue weighted by Gasteiger charge is 2.23. The molecule has 1 fully saturated rings. The average molecular weight is 226 g/mol. The molecule has 1 aliphatic rings. The third kappa shape index (κ3) is 1.93. The lowest BCUT2D eigenvalue weighted by Crippen LogP contribution is -2.16. The van der Waals surface area contributed by atoms with E-state index in [2.05, 4.69) is 54.5 Å². The highest BCUT2D eigenvalue weighted by Crippen LogP contribution is 2.31. The molecule has 17 heavy (non-hydrogen) atoms. The minimum Gasteiger partial charge on any atom is -0.314 e. The number of aryl methyl sites for hydroxylation is 1. The molecule has 2 aromatic rings. The standard InChI is InChI=1S/C15H18N2/c1-10-7-12(9-16-10)14-8-11(2)17-15-6-4-3-5-13(14)15/h3-6,8,10,12,16H,7,9H2,1-2H3. The number of hydrogen-bond donors (Lipinski definition) is 1. The molecule has 0 amide bonds. The van der Waals surface area contributed by atoms with Crippen LogP contribution in [-0.4, -0.2) is 17.6 Å². The molecule has 3 rings (SSSR count). The smallest absolute Gasteiger partial charge is 0.0708 e. The van der Waals surface area contributed by atoms with Crippen molar-refractivity contribution in [2.75, 3.05) is 6.54 Å². The van der Waals surface area contributed by atoms with Gasteiger partial charge in [0.1, 0.15) is 0 Å². The van der Waals surface area contributed by atoms with Gasteiger partial charge in [0.25, 0.3) is 0 Å². The highest BCUT2D eigenvalue weighted by molar-refractivity contribution is 5.83. The van der Waals surface area contributed by atoms with Gasteiger partial charge in [-0.2, -0.15) is 0 Å². The van der Waals surface area contributed by atoms with Crippen molar-refractivity contribution >= 4 is 10.9 Å². The summed E-state index contributed by atoms with van der Waals surface area (Å²) >= 11 is 0. The maximum atomic E-state index is 4.61. The van der Waals surface area contributed by atoms with E-state index in [1.54, 1.807) is 0 Å². The molecular formula is C15H18N2. The van der Waals surface area contributed by atoms with Crippen LogP contribution in [0.25, 0.3) is 10.9 Å².